The SMILES string of the molecule is Cc1ccc(Oc2cccc3ncccc23)c(C(=O)O)c1. The molecule has 104 valence electrons. The van der Waals surface area contributed by atoms with Gasteiger partial charge in [0.2, 0.25) is 0 Å². The van der Waals surface area contributed by atoms with Gasteiger partial charge in [-0.1, -0.05) is 17.7 Å². The van der Waals surface area contributed by atoms with Gasteiger partial charge in [0, 0.05) is 11.6 Å². The Labute approximate surface area is 121 Å². The Bertz CT molecular complexity index is 822. The summed E-state index contributed by atoms with van der Waals surface area (Å²) in [7, 11) is 0. The monoisotopic (exact) mass is 279 g/mol. The van der Waals surface area contributed by atoms with Crippen LogP contribution in [0.1, 0.15) is 15.9 Å². The van der Waals surface area contributed by atoms with Gasteiger partial charge < -0.3 is 9.84 Å². The first kappa shape index (κ1) is 13.1. The van der Waals surface area contributed by atoms with Crippen molar-refractivity contribution >= 4 is 16.9 Å². The van der Waals surface area contributed by atoms with Gasteiger partial charge in [-0.25, -0.2) is 4.79 Å². The Morgan fingerprint density at radius 3 is 2.76 bits per heavy atom. The summed E-state index contributed by atoms with van der Waals surface area (Å²) in [4.78, 5) is 15.6. The molecule has 0 fully saturated rings. The maximum Gasteiger partial charge on any atom is 0.339 e. The van der Waals surface area contributed by atoms with Crippen molar-refractivity contribution in [3.63, 3.8) is 0 Å². The number of pyridine rings is 1. The molecular formula is C17H13NO3. The molecule has 0 atom stereocenters. The number of aryl methyl sites for hydroxylation is 1. The second kappa shape index (κ2) is 5.25. The van der Waals surface area contributed by atoms with Crippen LogP contribution in [-0.2, 0) is 0 Å². The standard InChI is InChI=1S/C17H13NO3/c1-11-7-8-16(13(10-11)17(19)20)21-15-6-2-5-14-12(15)4-3-9-18-14/h2-10H,1H3,(H,19,20). The predicted octanol–water partition coefficient (Wildman–Crippen LogP) is 4.03. The summed E-state index contributed by atoms with van der Waals surface area (Å²) in [5.41, 5.74) is 1.83. The molecule has 1 aromatic heterocycles. The molecule has 2 aromatic carbocycles. The van der Waals surface area contributed by atoms with E-state index < -0.39 is 5.97 Å². The van der Waals surface area contributed by atoms with Crippen LogP contribution in [0.5, 0.6) is 11.5 Å². The van der Waals surface area contributed by atoms with E-state index in [4.69, 9.17) is 4.74 Å². The van der Waals surface area contributed by atoms with Gasteiger partial charge in [0.15, 0.2) is 0 Å². The highest BCUT2D eigenvalue weighted by Gasteiger charge is 2.13. The molecule has 4 heteroatoms. The zero-order valence-corrected chi connectivity index (χ0v) is 11.4. The number of aromatic nitrogens is 1. The number of benzene rings is 2. The highest BCUT2D eigenvalue weighted by Crippen LogP contribution is 2.31. The van der Waals surface area contributed by atoms with Crippen molar-refractivity contribution in [1.82, 2.24) is 4.98 Å². The zero-order chi connectivity index (χ0) is 14.8. The molecule has 1 heterocycles. The minimum Gasteiger partial charge on any atom is -0.478 e. The van der Waals surface area contributed by atoms with Gasteiger partial charge in [0.25, 0.3) is 0 Å². The molecule has 3 rings (SSSR count). The molecule has 0 radical (unpaired) electrons. The molecule has 0 saturated carbocycles. The fourth-order valence-electron chi connectivity index (χ4n) is 2.18. The first-order valence-corrected chi connectivity index (χ1v) is 6.51. The summed E-state index contributed by atoms with van der Waals surface area (Å²) >= 11 is 0. The average molecular weight is 279 g/mol. The van der Waals surface area contributed by atoms with Crippen LogP contribution in [0.15, 0.2) is 54.7 Å². The van der Waals surface area contributed by atoms with Crippen LogP contribution in [0.4, 0.5) is 0 Å². The Morgan fingerprint density at radius 2 is 1.95 bits per heavy atom. The van der Waals surface area contributed by atoms with E-state index in [0.29, 0.717) is 11.5 Å². The number of rotatable bonds is 3. The van der Waals surface area contributed by atoms with E-state index in [1.54, 1.807) is 24.4 Å². The third kappa shape index (κ3) is 2.56. The summed E-state index contributed by atoms with van der Waals surface area (Å²) in [5.74, 6) is -0.0940. The summed E-state index contributed by atoms with van der Waals surface area (Å²) in [6.45, 7) is 1.85. The van der Waals surface area contributed by atoms with Crippen molar-refractivity contribution < 1.29 is 14.6 Å². The van der Waals surface area contributed by atoms with Crippen LogP contribution >= 0.6 is 0 Å². The summed E-state index contributed by atoms with van der Waals surface area (Å²) in [6.07, 6.45) is 1.71. The molecule has 0 spiro atoms. The lowest BCUT2D eigenvalue weighted by molar-refractivity contribution is 0.0694. The molecule has 4 nitrogen and oxygen atoms in total. The van der Waals surface area contributed by atoms with Crippen LogP contribution in [0.25, 0.3) is 10.9 Å². The molecule has 1 N–H and O–H groups in total. The van der Waals surface area contributed by atoms with Crippen molar-refractivity contribution in [3.05, 3.63) is 65.9 Å². The average Bonchev–Trinajstić information content (AvgIpc) is 2.49. The number of hydrogen-bond donors (Lipinski definition) is 1. The lowest BCUT2D eigenvalue weighted by Crippen LogP contribution is -2.00. The molecule has 21 heavy (non-hydrogen) atoms. The highest BCUT2D eigenvalue weighted by molar-refractivity contribution is 5.92. The Kier molecular flexibility index (Phi) is 3.28. The predicted molar refractivity (Wildman–Crippen MR) is 80.0 cm³/mol. The topological polar surface area (TPSA) is 59.4 Å². The van der Waals surface area contributed by atoms with E-state index in [1.807, 2.05) is 37.3 Å². The minimum absolute atomic E-state index is 0.149. The molecule has 0 amide bonds. The number of nitrogens with zero attached hydrogens (tertiary/aromatic N) is 1. The van der Waals surface area contributed by atoms with Crippen LogP contribution in [0, 0.1) is 6.92 Å². The molecule has 0 unspecified atom stereocenters. The van der Waals surface area contributed by atoms with Gasteiger partial charge in [-0.2, -0.15) is 0 Å². The highest BCUT2D eigenvalue weighted by atomic mass is 16.5. The Hall–Kier alpha value is -2.88. The second-order valence-corrected chi connectivity index (χ2v) is 4.73. The van der Waals surface area contributed by atoms with E-state index in [-0.39, 0.29) is 5.56 Å². The van der Waals surface area contributed by atoms with E-state index in [0.717, 1.165) is 16.5 Å². The molecule has 0 aliphatic rings. The maximum atomic E-state index is 11.3. The molecule has 0 aliphatic carbocycles. The van der Waals surface area contributed by atoms with Gasteiger partial charge in [0.05, 0.1) is 5.52 Å². The van der Waals surface area contributed by atoms with Crippen molar-refractivity contribution in [2.75, 3.05) is 0 Å². The van der Waals surface area contributed by atoms with Crippen LogP contribution in [-0.4, -0.2) is 16.1 Å². The zero-order valence-electron chi connectivity index (χ0n) is 11.4. The van der Waals surface area contributed by atoms with E-state index in [1.165, 1.54) is 0 Å². The quantitative estimate of drug-likeness (QED) is 0.786. The van der Waals surface area contributed by atoms with Gasteiger partial charge >= 0.3 is 5.97 Å². The third-order valence-corrected chi connectivity index (χ3v) is 3.19. The Morgan fingerprint density at radius 1 is 1.10 bits per heavy atom. The number of carbonyl (C=O) groups is 1. The first-order chi connectivity index (χ1) is 10.1. The van der Waals surface area contributed by atoms with Gasteiger partial charge in [-0.3, -0.25) is 4.98 Å². The fourth-order valence-corrected chi connectivity index (χ4v) is 2.18. The van der Waals surface area contributed by atoms with Crippen molar-refractivity contribution in [1.29, 1.82) is 0 Å². The van der Waals surface area contributed by atoms with E-state index in [2.05, 4.69) is 4.98 Å². The lowest BCUT2D eigenvalue weighted by Gasteiger charge is -2.11. The number of carboxylic acids is 1. The number of carboxylic acid groups (broad SMARTS) is 1. The fraction of sp³-hybridized carbons (Fsp3) is 0.0588. The first-order valence-electron chi connectivity index (χ1n) is 6.51. The van der Waals surface area contributed by atoms with Crippen LogP contribution < -0.4 is 4.74 Å². The number of fused-ring (bicyclic) bond motifs is 1. The van der Waals surface area contributed by atoms with Crippen molar-refractivity contribution in [3.8, 4) is 11.5 Å². The summed E-state index contributed by atoms with van der Waals surface area (Å²) in [5, 5.41) is 10.1. The Balaban J connectivity index is 2.09. The van der Waals surface area contributed by atoms with Crippen LogP contribution in [0.3, 0.4) is 0 Å². The number of ether oxygens (including phenoxy) is 1. The van der Waals surface area contributed by atoms with Crippen molar-refractivity contribution in [2.45, 2.75) is 6.92 Å². The van der Waals surface area contributed by atoms with E-state index in [9.17, 15) is 9.90 Å². The maximum absolute atomic E-state index is 11.3. The third-order valence-electron chi connectivity index (χ3n) is 3.19. The lowest BCUT2D eigenvalue weighted by atomic mass is 10.1. The van der Waals surface area contributed by atoms with Crippen molar-refractivity contribution in [2.24, 2.45) is 0 Å². The molecule has 3 aromatic rings. The number of aromatic carboxylic acids is 1. The smallest absolute Gasteiger partial charge is 0.339 e. The minimum atomic E-state index is -1.01. The van der Waals surface area contributed by atoms with Gasteiger partial charge in [-0.05, 0) is 43.3 Å². The molecule has 0 bridgehead atoms. The second-order valence-electron chi connectivity index (χ2n) is 4.73. The van der Waals surface area contributed by atoms with E-state index >= 15 is 0 Å². The molecular weight excluding hydrogens is 266 g/mol. The van der Waals surface area contributed by atoms with Crippen LogP contribution in [0.2, 0.25) is 0 Å². The number of hydrogen-bond acceptors (Lipinski definition) is 3. The summed E-state index contributed by atoms with van der Waals surface area (Å²) < 4.78 is 5.82. The van der Waals surface area contributed by atoms with Gasteiger partial charge in [0.1, 0.15) is 17.1 Å². The summed E-state index contributed by atoms with van der Waals surface area (Å²) in [6, 6.07) is 14.3. The largest absolute Gasteiger partial charge is 0.478 e. The molecule has 0 saturated heterocycles. The normalized spacial score (nSPS) is 10.5. The van der Waals surface area contributed by atoms with Gasteiger partial charge in [-0.15, -0.1) is 0 Å². The molecule has 0 aliphatic heterocycles.